The van der Waals surface area contributed by atoms with Crippen molar-refractivity contribution in [2.24, 2.45) is 0 Å². The van der Waals surface area contributed by atoms with Crippen LogP contribution in [0.15, 0.2) is 24.5 Å². The van der Waals surface area contributed by atoms with Crippen LogP contribution in [0.2, 0.25) is 5.02 Å². The molecule has 0 spiro atoms. The van der Waals surface area contributed by atoms with Gasteiger partial charge in [-0.3, -0.25) is 4.79 Å². The number of benzene rings is 1. The molecule has 4 rings (SSSR count). The molecule has 28 heavy (non-hydrogen) atoms. The van der Waals surface area contributed by atoms with Gasteiger partial charge in [0.2, 0.25) is 5.91 Å². The first-order valence-electron chi connectivity index (χ1n) is 9.53. The number of amides is 1. The van der Waals surface area contributed by atoms with Gasteiger partial charge in [-0.05, 0) is 56.9 Å². The molecule has 0 aliphatic carbocycles. The van der Waals surface area contributed by atoms with E-state index in [1.165, 1.54) is 19.2 Å². The van der Waals surface area contributed by atoms with E-state index >= 15 is 0 Å². The third-order valence-corrected chi connectivity index (χ3v) is 5.51. The van der Waals surface area contributed by atoms with Gasteiger partial charge in [0, 0.05) is 35.9 Å². The molecule has 1 aromatic carbocycles. The number of nitrogens with one attached hydrogen (secondary N) is 1. The molecule has 7 nitrogen and oxygen atoms in total. The molecule has 0 bridgehead atoms. The molecule has 1 aliphatic heterocycles. The molecule has 1 N–H and O–H groups in total. The minimum atomic E-state index is -0.0415. The van der Waals surface area contributed by atoms with E-state index in [1.807, 2.05) is 32.0 Å². The summed E-state index contributed by atoms with van der Waals surface area (Å²) in [7, 11) is 0. The van der Waals surface area contributed by atoms with Gasteiger partial charge in [-0.2, -0.15) is 10.1 Å². The summed E-state index contributed by atoms with van der Waals surface area (Å²) in [5.41, 5.74) is 4.68. The zero-order chi connectivity index (χ0) is 19.7. The molecule has 0 atom stereocenters. The van der Waals surface area contributed by atoms with Crippen molar-refractivity contribution in [3.05, 3.63) is 46.5 Å². The van der Waals surface area contributed by atoms with Crippen LogP contribution in [0.4, 0.5) is 11.4 Å². The van der Waals surface area contributed by atoms with Gasteiger partial charge in [0.1, 0.15) is 6.33 Å². The van der Waals surface area contributed by atoms with Crippen molar-refractivity contribution >= 4 is 34.7 Å². The zero-order valence-corrected chi connectivity index (χ0v) is 16.8. The van der Waals surface area contributed by atoms with Crippen molar-refractivity contribution in [3.63, 3.8) is 0 Å². The van der Waals surface area contributed by atoms with E-state index in [2.05, 4.69) is 25.3 Å². The van der Waals surface area contributed by atoms with Gasteiger partial charge in [-0.1, -0.05) is 11.6 Å². The molecule has 0 radical (unpaired) electrons. The first-order valence-corrected chi connectivity index (χ1v) is 9.91. The number of fused-ring (bicyclic) bond motifs is 1. The number of aryl methyl sites for hydroxylation is 2. The van der Waals surface area contributed by atoms with Crippen LogP contribution < -0.4 is 10.2 Å². The van der Waals surface area contributed by atoms with Crippen LogP contribution in [-0.2, 0) is 11.2 Å². The molecule has 0 unspecified atom stereocenters. The van der Waals surface area contributed by atoms with Crippen LogP contribution in [0.1, 0.15) is 36.2 Å². The van der Waals surface area contributed by atoms with E-state index in [0.29, 0.717) is 23.6 Å². The first-order chi connectivity index (χ1) is 13.5. The molecular formula is C20H23ClN6O. The second-order valence-corrected chi connectivity index (χ2v) is 7.57. The average molecular weight is 399 g/mol. The average Bonchev–Trinajstić information content (AvgIpc) is 3.33. The second-order valence-electron chi connectivity index (χ2n) is 7.14. The Balaban J connectivity index is 1.49. The highest BCUT2D eigenvalue weighted by atomic mass is 35.5. The minimum Gasteiger partial charge on any atom is -0.370 e. The fraction of sp³-hybridized carbons (Fsp3) is 0.400. The highest BCUT2D eigenvalue weighted by molar-refractivity contribution is 6.31. The van der Waals surface area contributed by atoms with Crippen molar-refractivity contribution in [2.45, 2.75) is 39.5 Å². The first kappa shape index (κ1) is 18.7. The van der Waals surface area contributed by atoms with E-state index in [4.69, 9.17) is 11.6 Å². The highest BCUT2D eigenvalue weighted by Gasteiger charge is 2.18. The van der Waals surface area contributed by atoms with Crippen molar-refractivity contribution in [1.29, 1.82) is 0 Å². The molecule has 146 valence electrons. The topological polar surface area (TPSA) is 75.4 Å². The summed E-state index contributed by atoms with van der Waals surface area (Å²) in [6, 6.07) is 5.68. The minimum absolute atomic E-state index is 0.0415. The van der Waals surface area contributed by atoms with Gasteiger partial charge >= 0.3 is 0 Å². The Morgan fingerprint density at radius 1 is 1.25 bits per heavy atom. The maximum atomic E-state index is 12.7. The number of nitrogens with zero attached hydrogens (tertiary/aromatic N) is 5. The fourth-order valence-electron chi connectivity index (χ4n) is 3.81. The van der Waals surface area contributed by atoms with E-state index in [0.717, 1.165) is 41.4 Å². The molecule has 1 fully saturated rings. The van der Waals surface area contributed by atoms with Crippen molar-refractivity contribution in [2.75, 3.05) is 23.3 Å². The summed E-state index contributed by atoms with van der Waals surface area (Å²) in [4.78, 5) is 23.6. The Labute approximate surface area is 168 Å². The largest absolute Gasteiger partial charge is 0.370 e. The van der Waals surface area contributed by atoms with Crippen LogP contribution in [0.5, 0.6) is 0 Å². The van der Waals surface area contributed by atoms with Crippen molar-refractivity contribution in [3.8, 4) is 0 Å². The second kappa shape index (κ2) is 7.75. The van der Waals surface area contributed by atoms with Gasteiger partial charge in [-0.25, -0.2) is 9.50 Å². The van der Waals surface area contributed by atoms with E-state index in [-0.39, 0.29) is 5.91 Å². The number of hydrogen-bond acceptors (Lipinski definition) is 5. The number of halogens is 1. The highest BCUT2D eigenvalue weighted by Crippen LogP contribution is 2.31. The molecule has 1 saturated heterocycles. The maximum absolute atomic E-state index is 12.7. The lowest BCUT2D eigenvalue weighted by molar-refractivity contribution is -0.116. The lowest BCUT2D eigenvalue weighted by Crippen LogP contribution is -2.21. The summed E-state index contributed by atoms with van der Waals surface area (Å²) in [5.74, 6) is 0.539. The summed E-state index contributed by atoms with van der Waals surface area (Å²) in [5, 5.41) is 7.87. The number of carbonyl (C=O) groups excluding carboxylic acids is 1. The molecular weight excluding hydrogens is 376 g/mol. The van der Waals surface area contributed by atoms with Crippen molar-refractivity contribution < 1.29 is 4.79 Å². The van der Waals surface area contributed by atoms with Crippen LogP contribution in [0, 0.1) is 13.8 Å². The quantitative estimate of drug-likeness (QED) is 0.711. The predicted octanol–water partition coefficient (Wildman–Crippen LogP) is 3.57. The van der Waals surface area contributed by atoms with Gasteiger partial charge in [0.05, 0.1) is 11.4 Å². The number of hydrogen-bond donors (Lipinski definition) is 1. The van der Waals surface area contributed by atoms with Gasteiger partial charge in [0.25, 0.3) is 5.78 Å². The Morgan fingerprint density at radius 2 is 2.04 bits per heavy atom. The van der Waals surface area contributed by atoms with Gasteiger partial charge < -0.3 is 10.2 Å². The SMILES string of the molecule is Cc1nc2ncnn2c(C)c1CCC(=O)Nc1cc(Cl)ccc1N1CCCC1. The number of anilines is 2. The van der Waals surface area contributed by atoms with Gasteiger partial charge in [0.15, 0.2) is 0 Å². The summed E-state index contributed by atoms with van der Waals surface area (Å²) >= 11 is 6.17. The van der Waals surface area contributed by atoms with Crippen LogP contribution in [0.3, 0.4) is 0 Å². The number of aromatic nitrogens is 4. The Kier molecular flexibility index (Phi) is 5.17. The normalized spacial score (nSPS) is 14.0. The summed E-state index contributed by atoms with van der Waals surface area (Å²) in [6.07, 6.45) is 4.78. The van der Waals surface area contributed by atoms with Crippen LogP contribution in [-0.4, -0.2) is 38.6 Å². The molecule has 3 heterocycles. The summed E-state index contributed by atoms with van der Waals surface area (Å²) < 4.78 is 1.71. The van der Waals surface area contributed by atoms with E-state index < -0.39 is 0 Å². The molecule has 2 aromatic heterocycles. The molecule has 3 aromatic rings. The standard InChI is InChI=1S/C20H23ClN6O/c1-13-16(14(2)27-20(24-13)22-12-23-27)6-8-19(28)25-17-11-15(21)5-7-18(17)26-9-3-4-10-26/h5,7,11-12H,3-4,6,8-10H2,1-2H3,(H,25,28). The fourth-order valence-corrected chi connectivity index (χ4v) is 3.98. The number of carbonyl (C=O) groups is 1. The zero-order valence-electron chi connectivity index (χ0n) is 16.1. The molecule has 8 heteroatoms. The summed E-state index contributed by atoms with van der Waals surface area (Å²) in [6.45, 7) is 5.93. The Morgan fingerprint density at radius 3 is 2.82 bits per heavy atom. The number of rotatable bonds is 5. The van der Waals surface area contributed by atoms with E-state index in [1.54, 1.807) is 4.52 Å². The van der Waals surface area contributed by atoms with Gasteiger partial charge in [-0.15, -0.1) is 0 Å². The predicted molar refractivity (Wildman–Crippen MR) is 110 cm³/mol. The lowest BCUT2D eigenvalue weighted by Gasteiger charge is -2.22. The van der Waals surface area contributed by atoms with Crippen LogP contribution >= 0.6 is 11.6 Å². The monoisotopic (exact) mass is 398 g/mol. The molecule has 1 amide bonds. The molecule has 0 saturated carbocycles. The van der Waals surface area contributed by atoms with Crippen molar-refractivity contribution in [1.82, 2.24) is 19.6 Å². The molecule has 1 aliphatic rings. The Hall–Kier alpha value is -2.67. The third-order valence-electron chi connectivity index (χ3n) is 5.27. The smallest absolute Gasteiger partial charge is 0.252 e. The Bertz CT molecular complexity index is 1020. The third kappa shape index (κ3) is 3.67. The maximum Gasteiger partial charge on any atom is 0.252 e. The van der Waals surface area contributed by atoms with E-state index in [9.17, 15) is 4.79 Å². The lowest BCUT2D eigenvalue weighted by atomic mass is 10.1. The van der Waals surface area contributed by atoms with Crippen LogP contribution in [0.25, 0.3) is 5.78 Å².